The summed E-state index contributed by atoms with van der Waals surface area (Å²) in [6, 6.07) is 16.9. The normalized spacial score (nSPS) is 12.9. The fraction of sp³-hybridized carbons (Fsp3) is 0.345. The van der Waals surface area contributed by atoms with E-state index in [1.54, 1.807) is 0 Å². The summed E-state index contributed by atoms with van der Waals surface area (Å²) >= 11 is 0. The molecule has 0 amide bonds. The van der Waals surface area contributed by atoms with Gasteiger partial charge in [0.2, 0.25) is 0 Å². The van der Waals surface area contributed by atoms with E-state index >= 15 is 0 Å². The molecule has 166 valence electrons. The first-order chi connectivity index (χ1) is 15.0. The highest BCUT2D eigenvalue weighted by Gasteiger charge is 2.18. The molecule has 0 atom stereocenters. The number of aliphatic imine (C=N–C) groups is 2. The molecule has 1 aromatic heterocycles. The van der Waals surface area contributed by atoms with Crippen LogP contribution in [0.5, 0.6) is 0 Å². The molecule has 0 aliphatic carbocycles. The van der Waals surface area contributed by atoms with E-state index in [4.69, 9.17) is 15.0 Å². The van der Waals surface area contributed by atoms with E-state index in [0.29, 0.717) is 0 Å². The molecule has 0 N–H and O–H groups in total. The standard InChI is InChI=1S/C29H35N3/c1-18-12-10-13-19(2)27(18)30-22(5)25-16-24(29(7,8)9)17-26(32-25)23(6)31-28-20(3)14-11-15-21(28)4/h10-17H,1-9H3. The number of nitrogens with zero attached hydrogens (tertiary/aromatic N) is 3. The molecule has 0 saturated heterocycles. The topological polar surface area (TPSA) is 37.6 Å². The van der Waals surface area contributed by atoms with Crippen LogP contribution in [-0.2, 0) is 5.41 Å². The Hall–Kier alpha value is -3.07. The van der Waals surface area contributed by atoms with Gasteiger partial charge in [-0.3, -0.25) is 9.98 Å². The van der Waals surface area contributed by atoms with Gasteiger partial charge in [-0.15, -0.1) is 0 Å². The van der Waals surface area contributed by atoms with Crippen molar-refractivity contribution in [1.82, 2.24) is 4.98 Å². The lowest BCUT2D eigenvalue weighted by Gasteiger charge is -2.21. The van der Waals surface area contributed by atoms with Crippen LogP contribution in [0, 0.1) is 27.7 Å². The van der Waals surface area contributed by atoms with E-state index in [0.717, 1.165) is 34.2 Å². The molecule has 0 unspecified atom stereocenters. The monoisotopic (exact) mass is 425 g/mol. The van der Waals surface area contributed by atoms with Crippen molar-refractivity contribution in [2.75, 3.05) is 0 Å². The Kier molecular flexibility index (Phi) is 6.78. The highest BCUT2D eigenvalue weighted by molar-refractivity contribution is 6.03. The highest BCUT2D eigenvalue weighted by atomic mass is 14.8. The Balaban J connectivity index is 2.16. The van der Waals surface area contributed by atoms with Crippen LogP contribution in [0.1, 0.15) is 73.8 Å². The second-order valence-electron chi connectivity index (χ2n) is 9.75. The van der Waals surface area contributed by atoms with Crippen LogP contribution < -0.4 is 0 Å². The fourth-order valence-corrected chi connectivity index (χ4v) is 3.75. The maximum absolute atomic E-state index is 5.00. The number of aromatic nitrogens is 1. The molecule has 3 nitrogen and oxygen atoms in total. The lowest BCUT2D eigenvalue weighted by atomic mass is 9.86. The maximum Gasteiger partial charge on any atom is 0.0852 e. The molecule has 0 aliphatic heterocycles. The van der Waals surface area contributed by atoms with Gasteiger partial charge in [0.05, 0.1) is 34.2 Å². The minimum absolute atomic E-state index is 0.00976. The molecule has 0 aliphatic rings. The van der Waals surface area contributed by atoms with E-state index in [2.05, 4.69) is 97.0 Å². The first kappa shape index (κ1) is 23.6. The second-order valence-corrected chi connectivity index (χ2v) is 9.75. The number of pyridine rings is 1. The molecule has 2 aromatic carbocycles. The summed E-state index contributed by atoms with van der Waals surface area (Å²) in [5, 5.41) is 0. The van der Waals surface area contributed by atoms with Gasteiger partial charge in [-0.2, -0.15) is 0 Å². The van der Waals surface area contributed by atoms with Crippen molar-refractivity contribution in [3.05, 3.63) is 87.7 Å². The van der Waals surface area contributed by atoms with Crippen LogP contribution in [0.25, 0.3) is 0 Å². The van der Waals surface area contributed by atoms with Crippen LogP contribution >= 0.6 is 0 Å². The van der Waals surface area contributed by atoms with Gasteiger partial charge in [0, 0.05) is 0 Å². The van der Waals surface area contributed by atoms with Gasteiger partial charge in [0.15, 0.2) is 0 Å². The SMILES string of the molecule is CC(=Nc1c(C)cccc1C)c1cc(C(C)(C)C)cc(C(C)=Nc2c(C)cccc2C)n1. The van der Waals surface area contributed by atoms with Crippen LogP contribution in [0.15, 0.2) is 58.5 Å². The van der Waals surface area contributed by atoms with Crippen molar-refractivity contribution in [2.24, 2.45) is 9.98 Å². The molecule has 0 saturated carbocycles. The lowest BCUT2D eigenvalue weighted by molar-refractivity contribution is 0.589. The Bertz CT molecular complexity index is 1080. The number of aryl methyl sites for hydroxylation is 4. The molecule has 32 heavy (non-hydrogen) atoms. The zero-order valence-corrected chi connectivity index (χ0v) is 21.0. The number of hydrogen-bond acceptors (Lipinski definition) is 3. The minimum Gasteiger partial charge on any atom is -0.251 e. The van der Waals surface area contributed by atoms with Crippen LogP contribution in [-0.4, -0.2) is 16.4 Å². The number of hydrogen-bond donors (Lipinski definition) is 0. The van der Waals surface area contributed by atoms with Gasteiger partial charge in [0.1, 0.15) is 0 Å². The molecule has 0 spiro atoms. The van der Waals surface area contributed by atoms with Crippen LogP contribution in [0.3, 0.4) is 0 Å². The van der Waals surface area contributed by atoms with Gasteiger partial charge < -0.3 is 0 Å². The highest BCUT2D eigenvalue weighted by Crippen LogP contribution is 2.28. The zero-order valence-electron chi connectivity index (χ0n) is 21.0. The fourth-order valence-electron chi connectivity index (χ4n) is 3.75. The predicted octanol–water partition coefficient (Wildman–Crippen LogP) is 7.89. The van der Waals surface area contributed by atoms with Crippen molar-refractivity contribution >= 4 is 22.8 Å². The lowest BCUT2D eigenvalue weighted by Crippen LogP contribution is -2.16. The van der Waals surface area contributed by atoms with Gasteiger partial charge in [-0.25, -0.2) is 4.98 Å². The molecular formula is C29H35N3. The number of para-hydroxylation sites is 2. The van der Waals surface area contributed by atoms with E-state index in [1.807, 2.05) is 13.8 Å². The summed E-state index contributed by atoms with van der Waals surface area (Å²) in [6.45, 7) is 19.2. The van der Waals surface area contributed by atoms with E-state index in [1.165, 1.54) is 27.8 Å². The van der Waals surface area contributed by atoms with E-state index in [-0.39, 0.29) is 5.41 Å². The molecule has 3 heteroatoms. The Morgan fingerprint density at radius 1 is 0.656 bits per heavy atom. The third kappa shape index (κ3) is 5.21. The quantitative estimate of drug-likeness (QED) is 0.391. The zero-order chi connectivity index (χ0) is 23.6. The molecule has 0 bridgehead atoms. The third-order valence-electron chi connectivity index (χ3n) is 5.87. The van der Waals surface area contributed by atoms with Crippen molar-refractivity contribution in [3.8, 4) is 0 Å². The number of benzene rings is 2. The average molecular weight is 426 g/mol. The van der Waals surface area contributed by atoms with Gasteiger partial charge in [-0.1, -0.05) is 57.2 Å². The molecular weight excluding hydrogens is 390 g/mol. The summed E-state index contributed by atoms with van der Waals surface area (Å²) in [5.41, 5.74) is 11.6. The van der Waals surface area contributed by atoms with Crippen molar-refractivity contribution in [3.63, 3.8) is 0 Å². The summed E-state index contributed by atoms with van der Waals surface area (Å²) in [5.74, 6) is 0. The third-order valence-corrected chi connectivity index (χ3v) is 5.87. The molecule has 3 aromatic rings. The molecule has 0 fully saturated rings. The van der Waals surface area contributed by atoms with Crippen LogP contribution in [0.2, 0.25) is 0 Å². The van der Waals surface area contributed by atoms with Crippen molar-refractivity contribution in [1.29, 1.82) is 0 Å². The summed E-state index contributed by atoms with van der Waals surface area (Å²) in [7, 11) is 0. The van der Waals surface area contributed by atoms with Crippen LogP contribution in [0.4, 0.5) is 11.4 Å². The molecule has 1 heterocycles. The van der Waals surface area contributed by atoms with Crippen molar-refractivity contribution in [2.45, 2.75) is 67.7 Å². The maximum atomic E-state index is 5.00. The second kappa shape index (κ2) is 9.20. The smallest absolute Gasteiger partial charge is 0.0852 e. The molecule has 3 rings (SSSR count). The number of rotatable bonds is 4. The molecule has 0 radical (unpaired) electrons. The first-order valence-corrected chi connectivity index (χ1v) is 11.2. The average Bonchev–Trinajstić information content (AvgIpc) is 2.72. The van der Waals surface area contributed by atoms with Gasteiger partial charge in [0.25, 0.3) is 0 Å². The summed E-state index contributed by atoms with van der Waals surface area (Å²) in [4.78, 5) is 15.0. The van der Waals surface area contributed by atoms with Crippen molar-refractivity contribution < 1.29 is 0 Å². The minimum atomic E-state index is -0.00976. The summed E-state index contributed by atoms with van der Waals surface area (Å²) in [6.07, 6.45) is 0. The van der Waals surface area contributed by atoms with E-state index < -0.39 is 0 Å². The summed E-state index contributed by atoms with van der Waals surface area (Å²) < 4.78 is 0. The Labute approximate surface area is 193 Å². The van der Waals surface area contributed by atoms with E-state index in [9.17, 15) is 0 Å². The Morgan fingerprint density at radius 2 is 1.00 bits per heavy atom. The first-order valence-electron chi connectivity index (χ1n) is 11.2. The van der Waals surface area contributed by atoms with Gasteiger partial charge >= 0.3 is 0 Å². The predicted molar refractivity (Wildman–Crippen MR) is 139 cm³/mol. The largest absolute Gasteiger partial charge is 0.251 e. The Morgan fingerprint density at radius 3 is 1.31 bits per heavy atom. The van der Waals surface area contributed by atoms with Gasteiger partial charge in [-0.05, 0) is 86.9 Å².